The number of rotatable bonds is 26. The number of Topliss-reactive ketones (excluding diaryl/α,β-unsaturated/α-hetero) is 3. The van der Waals surface area contributed by atoms with Gasteiger partial charge in [-0.2, -0.15) is 39.5 Å². The average molecular weight is 1470 g/mol. The molecule has 9 aromatic rings. The predicted molar refractivity (Wildman–Crippen MR) is 387 cm³/mol. The molecule has 538 valence electrons. The number of ketones is 3. The lowest BCUT2D eigenvalue weighted by Crippen LogP contribution is -2.08. The Bertz CT molecular complexity index is 4120. The van der Waals surface area contributed by atoms with Crippen LogP contribution in [0.4, 0.5) is 39.5 Å². The summed E-state index contributed by atoms with van der Waals surface area (Å²) in [6.45, 7) is 22.7. The molecule has 2 atom stereocenters. The first-order valence-corrected chi connectivity index (χ1v) is 35.7. The van der Waals surface area contributed by atoms with E-state index in [0.29, 0.717) is 87.3 Å². The van der Waals surface area contributed by atoms with Crippen LogP contribution in [-0.4, -0.2) is 60.6 Å². The van der Waals surface area contributed by atoms with E-state index in [2.05, 4.69) is 4.98 Å². The third-order valence-electron chi connectivity index (χ3n) is 16.2. The molecule has 0 aliphatic carbocycles. The number of benzene rings is 6. The van der Waals surface area contributed by atoms with Gasteiger partial charge in [-0.15, -0.1) is 34.0 Å². The fourth-order valence-corrected chi connectivity index (χ4v) is 14.6. The summed E-state index contributed by atoms with van der Waals surface area (Å²) in [5.41, 5.74) is 8.61. The van der Waals surface area contributed by atoms with Gasteiger partial charge in [0, 0.05) is 49.7 Å². The van der Waals surface area contributed by atoms with Crippen LogP contribution in [0.25, 0.3) is 31.7 Å². The van der Waals surface area contributed by atoms with E-state index in [1.807, 2.05) is 99.6 Å². The van der Waals surface area contributed by atoms with Crippen LogP contribution in [-0.2, 0) is 53.8 Å². The second-order valence-corrected chi connectivity index (χ2v) is 29.7. The summed E-state index contributed by atoms with van der Waals surface area (Å²) >= 11 is 9.54. The standard InChI is InChI=1S/2C26H28F3NO3S.C26H26F3NOS2/c2*1-15(2)24-23(34-25(30-24)18-5-8-20(9-6-18)26(27,28)29)12-10-21(32)19-7-11-22(16(3)13-19)33-14-17(4)31;1-15(2)24-23(33-25(30-24)18-7-9-21(10-8-18)26(27,28)29)12-11-22(31)20-6-5-19(14-17(4)32)16(3)13-20/h2*5-9,11,13,15,21,32H,10,12,14H2,1-4H3;5-10,13,15H,11-12,14H2,1-4H3/t2*21-;/m11./s1. The molecule has 0 saturated heterocycles. The van der Waals surface area contributed by atoms with Crippen LogP contribution >= 0.6 is 46.2 Å². The molecule has 10 nitrogen and oxygen atoms in total. The van der Waals surface area contributed by atoms with Gasteiger partial charge in [-0.3, -0.25) is 14.4 Å². The number of aliphatic hydroxyl groups excluding tert-OH is 2. The maximum Gasteiger partial charge on any atom is 0.416 e. The topological polar surface area (TPSA) is 149 Å². The van der Waals surface area contributed by atoms with Crippen molar-refractivity contribution in [2.45, 2.75) is 177 Å². The average Bonchev–Trinajstić information content (AvgIpc) is 1.70. The lowest BCUT2D eigenvalue weighted by molar-refractivity contribution is -0.138. The van der Waals surface area contributed by atoms with Crippen molar-refractivity contribution in [2.75, 3.05) is 13.2 Å². The molecule has 23 heteroatoms. The summed E-state index contributed by atoms with van der Waals surface area (Å²) in [5.74, 6) is 1.58. The van der Waals surface area contributed by atoms with E-state index in [9.17, 15) is 64.1 Å². The molecule has 0 amide bonds. The van der Waals surface area contributed by atoms with Gasteiger partial charge in [-0.05, 0) is 196 Å². The number of ether oxygens (including phenoxy) is 2. The first-order valence-electron chi connectivity index (χ1n) is 32.8. The Hall–Kier alpha value is -7.80. The Labute approximate surface area is 601 Å². The van der Waals surface area contributed by atoms with Crippen molar-refractivity contribution in [2.24, 2.45) is 0 Å². The number of thiazole rings is 3. The molecule has 0 bridgehead atoms. The Balaban J connectivity index is 0.000000213. The molecule has 3 aromatic heterocycles. The summed E-state index contributed by atoms with van der Waals surface area (Å²) in [7, 11) is 0. The van der Waals surface area contributed by atoms with Gasteiger partial charge in [-0.25, -0.2) is 15.0 Å². The Morgan fingerprint density at radius 3 is 1.09 bits per heavy atom. The van der Waals surface area contributed by atoms with Gasteiger partial charge < -0.3 is 19.7 Å². The summed E-state index contributed by atoms with van der Waals surface area (Å²) in [6.07, 6.45) is -10.8. The zero-order valence-corrected chi connectivity index (χ0v) is 61.5. The zero-order chi connectivity index (χ0) is 74.4. The number of carbonyl (C=O) groups is 3. The quantitative estimate of drug-likeness (QED) is 0.0303. The Morgan fingerprint density at radius 2 is 0.802 bits per heavy atom. The van der Waals surface area contributed by atoms with Gasteiger partial charge in [-0.1, -0.05) is 114 Å². The highest BCUT2D eigenvalue weighted by Gasteiger charge is 2.33. The minimum Gasteiger partial charge on any atom is -0.486 e. The van der Waals surface area contributed by atoms with Crippen LogP contribution in [0, 0.1) is 20.8 Å². The molecule has 101 heavy (non-hydrogen) atoms. The molecule has 0 fully saturated rings. The van der Waals surface area contributed by atoms with Gasteiger partial charge in [0.1, 0.15) is 39.7 Å². The number of thiocarbonyl (C=S) groups is 1. The van der Waals surface area contributed by atoms with Gasteiger partial charge in [0.15, 0.2) is 17.3 Å². The number of alkyl halides is 9. The number of nitrogens with zero attached hydrogens (tertiary/aromatic N) is 3. The largest absolute Gasteiger partial charge is 0.486 e. The maximum atomic E-state index is 12.9. The number of halogens is 9. The predicted octanol–water partition coefficient (Wildman–Crippen LogP) is 21.8. The highest BCUT2D eigenvalue weighted by Crippen LogP contribution is 2.41. The minimum atomic E-state index is -4.37. The second-order valence-electron chi connectivity index (χ2n) is 25.8. The number of aliphatic hydroxyl groups is 2. The highest BCUT2D eigenvalue weighted by molar-refractivity contribution is 7.80. The fourth-order valence-electron chi connectivity index (χ4n) is 10.8. The van der Waals surface area contributed by atoms with Crippen molar-refractivity contribution in [1.82, 2.24) is 15.0 Å². The van der Waals surface area contributed by atoms with Crippen LogP contribution in [0.1, 0.15) is 204 Å². The summed E-state index contributed by atoms with van der Waals surface area (Å²) in [5, 5.41) is 23.5. The van der Waals surface area contributed by atoms with E-state index < -0.39 is 47.4 Å². The normalized spacial score (nSPS) is 12.4. The summed E-state index contributed by atoms with van der Waals surface area (Å²) in [4.78, 5) is 53.1. The lowest BCUT2D eigenvalue weighted by Gasteiger charge is -2.14. The smallest absolute Gasteiger partial charge is 0.416 e. The van der Waals surface area contributed by atoms with Gasteiger partial charge in [0.05, 0.1) is 46.0 Å². The number of carbonyl (C=O) groups excluding carboxylic acids is 3. The van der Waals surface area contributed by atoms with Gasteiger partial charge in [0.25, 0.3) is 0 Å². The monoisotopic (exact) mass is 1470 g/mol. The molecule has 3 heterocycles. The Kier molecular flexibility index (Phi) is 28.2. The zero-order valence-electron chi connectivity index (χ0n) is 58.2. The van der Waals surface area contributed by atoms with Crippen molar-refractivity contribution in [3.63, 3.8) is 0 Å². The van der Waals surface area contributed by atoms with Gasteiger partial charge >= 0.3 is 18.5 Å². The molecule has 6 aromatic carbocycles. The van der Waals surface area contributed by atoms with Crippen LogP contribution < -0.4 is 9.47 Å². The fraction of sp³-hybridized carbons (Fsp3) is 0.372. The number of aromatic nitrogens is 3. The second kappa shape index (κ2) is 35.4. The summed E-state index contributed by atoms with van der Waals surface area (Å²) in [6, 6.07) is 31.7. The molecular formula is C78H82F9N3O7S4. The third-order valence-corrected chi connectivity index (χ3v) is 19.9. The van der Waals surface area contributed by atoms with E-state index in [1.54, 1.807) is 24.3 Å². The minimum absolute atomic E-state index is 0.00730. The molecule has 0 aliphatic heterocycles. The molecule has 2 N–H and O–H groups in total. The van der Waals surface area contributed by atoms with Crippen LogP contribution in [0.3, 0.4) is 0 Å². The maximum absolute atomic E-state index is 12.9. The number of hydrogen-bond donors (Lipinski definition) is 2. The first kappa shape index (κ1) is 80.5. The third kappa shape index (κ3) is 23.1. The van der Waals surface area contributed by atoms with Crippen molar-refractivity contribution in [3.05, 3.63) is 215 Å². The SMILES string of the molecule is CC(=O)COc1ccc([C@H](O)CCc2sc(-c3ccc(C(F)(F)F)cc3)nc2C(C)C)cc1C.CC(=O)COc1ccc([C@H](O)CCc2sc(-c3ccc(C(F)(F)F)cc3)nc2C(C)C)cc1C.CC(=S)Cc1ccc(C(=O)CCc2sc(-c3ccc(C(F)(F)F)cc3)nc2C(C)C)cc1C. The molecule has 0 radical (unpaired) electrons. The van der Waals surface area contributed by atoms with E-state index in [1.165, 1.54) is 84.3 Å². The first-order chi connectivity index (χ1) is 47.4. The van der Waals surface area contributed by atoms with Crippen LogP contribution in [0.2, 0.25) is 0 Å². The lowest BCUT2D eigenvalue weighted by atomic mass is 9.97. The molecule has 9 rings (SSSR count). The molecule has 0 spiro atoms. The molecule has 0 aliphatic rings. The van der Waals surface area contributed by atoms with E-state index in [4.69, 9.17) is 31.7 Å². The molecule has 0 unspecified atom stereocenters. The van der Waals surface area contributed by atoms with Crippen LogP contribution in [0.5, 0.6) is 11.5 Å². The summed E-state index contributed by atoms with van der Waals surface area (Å²) < 4.78 is 127. The van der Waals surface area contributed by atoms with Crippen molar-refractivity contribution in [1.29, 1.82) is 0 Å². The van der Waals surface area contributed by atoms with Gasteiger partial charge in [0.2, 0.25) is 0 Å². The number of hydrogen-bond acceptors (Lipinski definition) is 14. The molecule has 0 saturated carbocycles. The van der Waals surface area contributed by atoms with E-state index in [0.717, 1.165) is 113 Å². The van der Waals surface area contributed by atoms with E-state index in [-0.39, 0.29) is 48.3 Å². The van der Waals surface area contributed by atoms with E-state index >= 15 is 0 Å². The molecular weight excluding hydrogens is 1390 g/mol. The van der Waals surface area contributed by atoms with Crippen molar-refractivity contribution >= 4 is 68.4 Å². The highest BCUT2D eigenvalue weighted by atomic mass is 32.1. The van der Waals surface area contributed by atoms with Crippen molar-refractivity contribution in [3.8, 4) is 43.2 Å². The Morgan fingerprint density at radius 1 is 0.465 bits per heavy atom. The van der Waals surface area contributed by atoms with Crippen LogP contribution in [0.15, 0.2) is 127 Å². The number of aryl methyl sites for hydroxylation is 6. The van der Waals surface area contributed by atoms with Crippen molar-refractivity contribution < 1.29 is 73.6 Å².